The zero-order chi connectivity index (χ0) is 22.3. The molecule has 4 heterocycles. The molecule has 0 aliphatic carbocycles. The molecule has 4 rings (SSSR count). The minimum Gasteiger partial charge on any atom is -0.381 e. The number of rotatable bonds is 6. The molecule has 0 bridgehead atoms. The maximum absolute atomic E-state index is 12.8. The summed E-state index contributed by atoms with van der Waals surface area (Å²) >= 11 is 0. The maximum atomic E-state index is 12.8. The zero-order valence-corrected chi connectivity index (χ0v) is 19.9. The predicted octanol–water partition coefficient (Wildman–Crippen LogP) is 2.44. The summed E-state index contributed by atoms with van der Waals surface area (Å²) in [7, 11) is 0. The van der Waals surface area contributed by atoms with Crippen LogP contribution in [0.4, 0.5) is 0 Å². The van der Waals surface area contributed by atoms with Crippen molar-refractivity contribution in [3.8, 4) is 0 Å². The SMILES string of the molecule is CC(NC(=O)C1CCN(C2CCN(C(=O)CC3CCOCC3)CC2)CC1)C1CCOCC1. The number of carbonyl (C=O) groups is 2. The fourth-order valence-electron chi connectivity index (χ4n) is 6.01. The summed E-state index contributed by atoms with van der Waals surface area (Å²) in [5.74, 6) is 1.79. The highest BCUT2D eigenvalue weighted by molar-refractivity contribution is 5.79. The van der Waals surface area contributed by atoms with Gasteiger partial charge in [-0.05, 0) is 83.2 Å². The van der Waals surface area contributed by atoms with Crippen LogP contribution in [-0.2, 0) is 19.1 Å². The Labute approximate surface area is 193 Å². The Hall–Kier alpha value is -1.18. The molecule has 182 valence electrons. The summed E-state index contributed by atoms with van der Waals surface area (Å²) in [6.07, 6.45) is 8.89. The van der Waals surface area contributed by atoms with Crippen LogP contribution in [0.15, 0.2) is 0 Å². The van der Waals surface area contributed by atoms with Gasteiger partial charge in [0.05, 0.1) is 0 Å². The Morgan fingerprint density at radius 3 is 2.06 bits per heavy atom. The first-order chi connectivity index (χ1) is 15.6. The third-order valence-corrected chi connectivity index (χ3v) is 8.38. The molecular weight excluding hydrogens is 406 g/mol. The van der Waals surface area contributed by atoms with Gasteiger partial charge in [-0.25, -0.2) is 0 Å². The van der Waals surface area contributed by atoms with E-state index in [0.29, 0.717) is 30.2 Å². The summed E-state index contributed by atoms with van der Waals surface area (Å²) < 4.78 is 10.9. The minimum atomic E-state index is 0.148. The second-order valence-electron chi connectivity index (χ2n) is 10.4. The largest absolute Gasteiger partial charge is 0.381 e. The first-order valence-electron chi connectivity index (χ1n) is 13.1. The van der Waals surface area contributed by atoms with Gasteiger partial charge in [-0.2, -0.15) is 0 Å². The van der Waals surface area contributed by atoms with E-state index in [-0.39, 0.29) is 17.9 Å². The summed E-state index contributed by atoms with van der Waals surface area (Å²) in [6, 6.07) is 0.805. The van der Waals surface area contributed by atoms with Crippen molar-refractivity contribution < 1.29 is 19.1 Å². The summed E-state index contributed by atoms with van der Waals surface area (Å²) in [5.41, 5.74) is 0. The molecule has 0 aromatic heterocycles. The Morgan fingerprint density at radius 1 is 0.844 bits per heavy atom. The molecule has 0 saturated carbocycles. The average molecular weight is 450 g/mol. The van der Waals surface area contributed by atoms with Gasteiger partial charge in [-0.1, -0.05) is 0 Å². The van der Waals surface area contributed by atoms with Crippen LogP contribution in [0.25, 0.3) is 0 Å². The van der Waals surface area contributed by atoms with Crippen LogP contribution in [0.3, 0.4) is 0 Å². The van der Waals surface area contributed by atoms with E-state index in [2.05, 4.69) is 22.0 Å². The molecule has 0 aromatic rings. The molecule has 4 aliphatic rings. The molecule has 0 aromatic carbocycles. The number of hydrogen-bond donors (Lipinski definition) is 1. The quantitative estimate of drug-likeness (QED) is 0.674. The normalized spacial score (nSPS) is 26.7. The van der Waals surface area contributed by atoms with E-state index in [4.69, 9.17) is 9.47 Å². The van der Waals surface area contributed by atoms with E-state index in [9.17, 15) is 9.59 Å². The van der Waals surface area contributed by atoms with Crippen molar-refractivity contribution in [2.75, 3.05) is 52.6 Å². The smallest absolute Gasteiger partial charge is 0.223 e. The van der Waals surface area contributed by atoms with Gasteiger partial charge >= 0.3 is 0 Å². The number of nitrogens with one attached hydrogen (secondary N) is 1. The zero-order valence-electron chi connectivity index (χ0n) is 19.9. The fourth-order valence-corrected chi connectivity index (χ4v) is 6.01. The number of carbonyl (C=O) groups excluding carboxylic acids is 2. The van der Waals surface area contributed by atoms with Crippen LogP contribution in [-0.4, -0.2) is 86.3 Å². The predicted molar refractivity (Wildman–Crippen MR) is 123 cm³/mol. The topological polar surface area (TPSA) is 71.1 Å². The van der Waals surface area contributed by atoms with Crippen LogP contribution in [0.5, 0.6) is 0 Å². The molecule has 1 atom stereocenters. The van der Waals surface area contributed by atoms with Gasteiger partial charge in [-0.3, -0.25) is 9.59 Å². The monoisotopic (exact) mass is 449 g/mol. The van der Waals surface area contributed by atoms with Crippen LogP contribution < -0.4 is 5.32 Å². The molecule has 1 N–H and O–H groups in total. The summed E-state index contributed by atoms with van der Waals surface area (Å²) in [6.45, 7) is 9.19. The number of piperidine rings is 2. The number of likely N-dealkylation sites (tertiary alicyclic amines) is 2. The van der Waals surface area contributed by atoms with E-state index in [1.165, 1.54) is 0 Å². The van der Waals surface area contributed by atoms with Crippen LogP contribution in [0, 0.1) is 17.8 Å². The Bertz CT molecular complexity index is 602. The Morgan fingerprint density at radius 2 is 1.44 bits per heavy atom. The van der Waals surface area contributed by atoms with Gasteiger partial charge in [0, 0.05) is 63.9 Å². The molecular formula is C25H43N3O4. The van der Waals surface area contributed by atoms with Gasteiger partial charge in [0.2, 0.25) is 11.8 Å². The van der Waals surface area contributed by atoms with E-state index >= 15 is 0 Å². The van der Waals surface area contributed by atoms with Crippen LogP contribution in [0.2, 0.25) is 0 Å². The standard InChI is InChI=1S/C25H43N3O4/c1-19(21-8-16-32-17-9-21)26-25(30)22-2-10-27(11-3-22)23-4-12-28(13-5-23)24(29)18-20-6-14-31-15-7-20/h19-23H,2-18H2,1H3,(H,26,30). The maximum Gasteiger partial charge on any atom is 0.223 e. The Balaban J connectivity index is 1.14. The van der Waals surface area contributed by atoms with Crippen molar-refractivity contribution in [3.05, 3.63) is 0 Å². The molecule has 0 spiro atoms. The molecule has 2 amide bonds. The molecule has 7 heteroatoms. The van der Waals surface area contributed by atoms with E-state index in [1.807, 2.05) is 0 Å². The van der Waals surface area contributed by atoms with Crippen molar-refractivity contribution in [3.63, 3.8) is 0 Å². The second kappa shape index (κ2) is 11.8. The number of amides is 2. The van der Waals surface area contributed by atoms with Crippen molar-refractivity contribution in [2.45, 2.75) is 76.8 Å². The van der Waals surface area contributed by atoms with Crippen molar-refractivity contribution in [1.29, 1.82) is 0 Å². The van der Waals surface area contributed by atoms with Crippen LogP contribution >= 0.6 is 0 Å². The molecule has 1 unspecified atom stereocenters. The van der Waals surface area contributed by atoms with E-state index < -0.39 is 0 Å². The molecule has 32 heavy (non-hydrogen) atoms. The van der Waals surface area contributed by atoms with Crippen LogP contribution in [0.1, 0.15) is 64.7 Å². The molecule has 4 aliphatic heterocycles. The lowest BCUT2D eigenvalue weighted by Gasteiger charge is -2.42. The molecule has 4 fully saturated rings. The van der Waals surface area contributed by atoms with Gasteiger partial charge in [0.25, 0.3) is 0 Å². The van der Waals surface area contributed by atoms with Gasteiger partial charge < -0.3 is 24.6 Å². The lowest BCUT2D eigenvalue weighted by Crippen LogP contribution is -2.51. The highest BCUT2D eigenvalue weighted by atomic mass is 16.5. The first kappa shape index (κ1) is 24.0. The van der Waals surface area contributed by atoms with Crippen molar-refractivity contribution in [1.82, 2.24) is 15.1 Å². The Kier molecular flexibility index (Phi) is 8.83. The molecule has 0 radical (unpaired) electrons. The number of hydrogen-bond acceptors (Lipinski definition) is 5. The van der Waals surface area contributed by atoms with Crippen molar-refractivity contribution in [2.24, 2.45) is 17.8 Å². The van der Waals surface area contributed by atoms with Gasteiger partial charge in [0.15, 0.2) is 0 Å². The third kappa shape index (κ3) is 6.45. The molecule has 7 nitrogen and oxygen atoms in total. The van der Waals surface area contributed by atoms with Gasteiger partial charge in [0.1, 0.15) is 0 Å². The average Bonchev–Trinajstić information content (AvgIpc) is 2.85. The minimum absolute atomic E-state index is 0.148. The highest BCUT2D eigenvalue weighted by Crippen LogP contribution is 2.26. The molecule has 4 saturated heterocycles. The van der Waals surface area contributed by atoms with Gasteiger partial charge in [-0.15, -0.1) is 0 Å². The van der Waals surface area contributed by atoms with E-state index in [1.54, 1.807) is 0 Å². The number of ether oxygens (including phenoxy) is 2. The lowest BCUT2D eigenvalue weighted by molar-refractivity contribution is -0.135. The first-order valence-corrected chi connectivity index (χ1v) is 13.1. The second-order valence-corrected chi connectivity index (χ2v) is 10.4. The summed E-state index contributed by atoms with van der Waals surface area (Å²) in [4.78, 5) is 30.2. The number of nitrogens with zero attached hydrogens (tertiary/aromatic N) is 2. The highest BCUT2D eigenvalue weighted by Gasteiger charge is 2.33. The lowest BCUT2D eigenvalue weighted by atomic mass is 9.90. The fraction of sp³-hybridized carbons (Fsp3) is 0.920. The third-order valence-electron chi connectivity index (χ3n) is 8.38. The van der Waals surface area contributed by atoms with E-state index in [0.717, 1.165) is 104 Å². The van der Waals surface area contributed by atoms with Crippen molar-refractivity contribution >= 4 is 11.8 Å². The summed E-state index contributed by atoms with van der Waals surface area (Å²) in [5, 5.41) is 3.30.